The van der Waals surface area contributed by atoms with E-state index in [9.17, 15) is 9.59 Å². The number of aliphatic carboxylic acids is 1. The minimum Gasteiger partial charge on any atom is -0.480 e. The minimum atomic E-state index is -0.913. The maximum Gasteiger partial charge on any atom is 0.326 e. The molecule has 0 saturated heterocycles. The lowest BCUT2D eigenvalue weighted by atomic mass is 9.84. The van der Waals surface area contributed by atoms with Gasteiger partial charge in [-0.3, -0.25) is 4.79 Å². The molecule has 4 heteroatoms. The molecule has 2 N–H and O–H groups in total. The summed E-state index contributed by atoms with van der Waals surface area (Å²) in [5, 5.41) is 11.6. The van der Waals surface area contributed by atoms with E-state index in [1.165, 1.54) is 0 Å². The lowest BCUT2D eigenvalue weighted by molar-refractivity contribution is -0.143. The van der Waals surface area contributed by atoms with Gasteiger partial charge in [0, 0.05) is 5.92 Å². The van der Waals surface area contributed by atoms with Crippen molar-refractivity contribution in [2.45, 2.75) is 57.9 Å². The first kappa shape index (κ1) is 13.0. The predicted octanol–water partition coefficient (Wildman–Crippen LogP) is 1.94. The second-order valence-corrected chi connectivity index (χ2v) is 4.52. The molecule has 4 nitrogen and oxygen atoms in total. The molecule has 0 aliphatic heterocycles. The van der Waals surface area contributed by atoms with Crippen LogP contribution in [0, 0.1) is 5.92 Å². The van der Waals surface area contributed by atoms with Gasteiger partial charge in [0.15, 0.2) is 0 Å². The monoisotopic (exact) mass is 227 g/mol. The van der Waals surface area contributed by atoms with Crippen molar-refractivity contribution in [2.24, 2.45) is 5.92 Å². The van der Waals surface area contributed by atoms with Crippen molar-refractivity contribution < 1.29 is 14.7 Å². The highest BCUT2D eigenvalue weighted by Crippen LogP contribution is 2.26. The molecule has 1 rings (SSSR count). The molecule has 0 aromatic rings. The second kappa shape index (κ2) is 6.51. The topological polar surface area (TPSA) is 66.4 Å². The fourth-order valence-corrected chi connectivity index (χ4v) is 1.82. The quantitative estimate of drug-likeness (QED) is 0.653. The number of nitrogens with one attached hydrogen (secondary N) is 1. The van der Waals surface area contributed by atoms with Gasteiger partial charge in [0.25, 0.3) is 0 Å². The summed E-state index contributed by atoms with van der Waals surface area (Å²) in [6.07, 6.45) is 6.39. The van der Waals surface area contributed by atoms with Crippen molar-refractivity contribution in [3.8, 4) is 0 Å². The first-order valence-corrected chi connectivity index (χ1v) is 6.18. The van der Waals surface area contributed by atoms with Crippen LogP contribution < -0.4 is 5.32 Å². The Morgan fingerprint density at radius 1 is 1.38 bits per heavy atom. The summed E-state index contributed by atoms with van der Waals surface area (Å²) in [6.45, 7) is 2.07. The first-order valence-electron chi connectivity index (χ1n) is 6.18. The van der Waals surface area contributed by atoms with Crippen LogP contribution in [0.2, 0.25) is 0 Å². The number of hydrogen-bond acceptors (Lipinski definition) is 2. The maximum absolute atomic E-state index is 11.6. The third-order valence-electron chi connectivity index (χ3n) is 3.19. The van der Waals surface area contributed by atoms with Crippen molar-refractivity contribution in [3.05, 3.63) is 0 Å². The number of carboxylic acids is 1. The Balaban J connectivity index is 2.31. The lowest BCUT2D eigenvalue weighted by Gasteiger charge is -2.26. The molecule has 0 bridgehead atoms. The number of carbonyl (C=O) groups excluding carboxylic acids is 1. The van der Waals surface area contributed by atoms with Crippen molar-refractivity contribution >= 4 is 11.9 Å². The number of carboxylic acid groups (broad SMARTS) is 1. The standard InChI is InChI=1S/C12H21NO3/c1-2-3-4-8-10(12(15)16)13-11(14)9-6-5-7-9/h9-10H,2-8H2,1H3,(H,13,14)(H,15,16). The maximum atomic E-state index is 11.6. The molecule has 1 saturated carbocycles. The minimum absolute atomic E-state index is 0.0630. The Hall–Kier alpha value is -1.06. The number of hydrogen-bond donors (Lipinski definition) is 2. The highest BCUT2D eigenvalue weighted by molar-refractivity contribution is 5.85. The van der Waals surface area contributed by atoms with E-state index in [0.717, 1.165) is 38.5 Å². The zero-order chi connectivity index (χ0) is 12.0. The summed E-state index contributed by atoms with van der Waals surface area (Å²) in [5.41, 5.74) is 0. The molecule has 16 heavy (non-hydrogen) atoms. The molecule has 0 aromatic carbocycles. The van der Waals surface area contributed by atoms with Gasteiger partial charge >= 0.3 is 5.97 Å². The van der Waals surface area contributed by atoms with Gasteiger partial charge in [-0.05, 0) is 19.3 Å². The normalized spacial score (nSPS) is 17.6. The molecule has 1 atom stereocenters. The average molecular weight is 227 g/mol. The molecule has 1 unspecified atom stereocenters. The van der Waals surface area contributed by atoms with Crippen LogP contribution in [-0.2, 0) is 9.59 Å². The molecule has 0 radical (unpaired) electrons. The van der Waals surface area contributed by atoms with Crippen LogP contribution in [0.25, 0.3) is 0 Å². The Labute approximate surface area is 96.4 Å². The molecular formula is C12H21NO3. The van der Waals surface area contributed by atoms with E-state index < -0.39 is 12.0 Å². The third-order valence-corrected chi connectivity index (χ3v) is 3.19. The molecule has 1 amide bonds. The molecule has 1 aliphatic rings. The third kappa shape index (κ3) is 3.83. The van der Waals surface area contributed by atoms with E-state index in [1.807, 2.05) is 0 Å². The SMILES string of the molecule is CCCCCC(NC(=O)C1CCC1)C(=O)O. The van der Waals surface area contributed by atoms with E-state index in [2.05, 4.69) is 12.2 Å². The number of unbranched alkanes of at least 4 members (excludes halogenated alkanes) is 2. The molecule has 0 aromatic heterocycles. The zero-order valence-corrected chi connectivity index (χ0v) is 9.87. The van der Waals surface area contributed by atoms with Crippen LogP contribution in [-0.4, -0.2) is 23.0 Å². The highest BCUT2D eigenvalue weighted by atomic mass is 16.4. The van der Waals surface area contributed by atoms with E-state index >= 15 is 0 Å². The fourth-order valence-electron chi connectivity index (χ4n) is 1.82. The number of carbonyl (C=O) groups is 2. The van der Waals surface area contributed by atoms with Gasteiger partial charge in [-0.2, -0.15) is 0 Å². The first-order chi connectivity index (χ1) is 7.65. The van der Waals surface area contributed by atoms with Gasteiger partial charge in [0.2, 0.25) is 5.91 Å². The van der Waals surface area contributed by atoms with Crippen LogP contribution in [0.1, 0.15) is 51.9 Å². The summed E-state index contributed by atoms with van der Waals surface area (Å²) in [5.74, 6) is -0.924. The van der Waals surface area contributed by atoms with Gasteiger partial charge in [-0.25, -0.2) is 4.79 Å². The zero-order valence-electron chi connectivity index (χ0n) is 9.87. The summed E-state index contributed by atoms with van der Waals surface area (Å²) in [4.78, 5) is 22.5. The van der Waals surface area contributed by atoms with Gasteiger partial charge in [0.05, 0.1) is 0 Å². The van der Waals surface area contributed by atoms with E-state index in [0.29, 0.717) is 6.42 Å². The molecule has 0 heterocycles. The second-order valence-electron chi connectivity index (χ2n) is 4.52. The van der Waals surface area contributed by atoms with Crippen molar-refractivity contribution in [1.82, 2.24) is 5.32 Å². The van der Waals surface area contributed by atoms with Crippen LogP contribution in [0.4, 0.5) is 0 Å². The van der Waals surface area contributed by atoms with Crippen LogP contribution in [0.3, 0.4) is 0 Å². The van der Waals surface area contributed by atoms with Gasteiger partial charge in [-0.1, -0.05) is 32.6 Å². The van der Waals surface area contributed by atoms with Gasteiger partial charge < -0.3 is 10.4 Å². The Bertz CT molecular complexity index is 249. The van der Waals surface area contributed by atoms with Crippen molar-refractivity contribution in [2.75, 3.05) is 0 Å². The van der Waals surface area contributed by atoms with Gasteiger partial charge in [-0.15, -0.1) is 0 Å². The summed E-state index contributed by atoms with van der Waals surface area (Å²) in [7, 11) is 0. The molecular weight excluding hydrogens is 206 g/mol. The Kier molecular flexibility index (Phi) is 5.29. The average Bonchev–Trinajstić information content (AvgIpc) is 2.13. The molecule has 0 spiro atoms. The number of amides is 1. The Morgan fingerprint density at radius 2 is 2.06 bits per heavy atom. The van der Waals surface area contributed by atoms with Crippen molar-refractivity contribution in [1.29, 1.82) is 0 Å². The fraction of sp³-hybridized carbons (Fsp3) is 0.833. The lowest BCUT2D eigenvalue weighted by Crippen LogP contribution is -2.45. The van der Waals surface area contributed by atoms with Crippen LogP contribution in [0.15, 0.2) is 0 Å². The molecule has 1 fully saturated rings. The Morgan fingerprint density at radius 3 is 2.50 bits per heavy atom. The van der Waals surface area contributed by atoms with E-state index in [-0.39, 0.29) is 11.8 Å². The number of rotatable bonds is 7. The highest BCUT2D eigenvalue weighted by Gasteiger charge is 2.28. The summed E-state index contributed by atoms with van der Waals surface area (Å²) >= 11 is 0. The van der Waals surface area contributed by atoms with Crippen molar-refractivity contribution in [3.63, 3.8) is 0 Å². The largest absolute Gasteiger partial charge is 0.480 e. The van der Waals surface area contributed by atoms with Gasteiger partial charge in [0.1, 0.15) is 6.04 Å². The summed E-state index contributed by atoms with van der Waals surface area (Å²) < 4.78 is 0. The smallest absolute Gasteiger partial charge is 0.326 e. The predicted molar refractivity (Wildman–Crippen MR) is 61.0 cm³/mol. The summed E-state index contributed by atoms with van der Waals surface area (Å²) in [6, 6.07) is -0.695. The van der Waals surface area contributed by atoms with E-state index in [1.54, 1.807) is 0 Å². The van der Waals surface area contributed by atoms with Crippen LogP contribution >= 0.6 is 0 Å². The molecule has 1 aliphatic carbocycles. The van der Waals surface area contributed by atoms with Crippen LogP contribution in [0.5, 0.6) is 0 Å². The molecule has 92 valence electrons. The van der Waals surface area contributed by atoms with E-state index in [4.69, 9.17) is 5.11 Å².